The van der Waals surface area contributed by atoms with Gasteiger partial charge >= 0.3 is 0 Å². The molecule has 6 nitrogen and oxygen atoms in total. The van der Waals surface area contributed by atoms with Crippen molar-refractivity contribution < 1.29 is 0 Å². The summed E-state index contributed by atoms with van der Waals surface area (Å²) in [7, 11) is 1.83. The molecule has 0 spiro atoms. The van der Waals surface area contributed by atoms with E-state index in [1.165, 1.54) is 40.4 Å². The van der Waals surface area contributed by atoms with Crippen LogP contribution < -0.4 is 5.56 Å². The molecule has 36 heavy (non-hydrogen) atoms. The van der Waals surface area contributed by atoms with Gasteiger partial charge < -0.3 is 9.55 Å². The van der Waals surface area contributed by atoms with Crippen LogP contribution in [-0.2, 0) is 13.6 Å². The Morgan fingerprint density at radius 1 is 1.08 bits per heavy atom. The fourth-order valence-electron chi connectivity index (χ4n) is 5.75. The van der Waals surface area contributed by atoms with Crippen LogP contribution in [0.4, 0.5) is 0 Å². The number of rotatable bonds is 6. The molecule has 190 valence electrons. The molecule has 6 heteroatoms. The average Bonchev–Trinajstić information content (AvgIpc) is 3.47. The molecule has 4 aromatic rings. The van der Waals surface area contributed by atoms with Gasteiger partial charge in [-0.1, -0.05) is 19.9 Å². The molecule has 0 unspecified atom stereocenters. The number of fused-ring (bicyclic) bond motifs is 1. The van der Waals surface area contributed by atoms with Gasteiger partial charge in [0, 0.05) is 59.6 Å². The highest BCUT2D eigenvalue weighted by molar-refractivity contribution is 5.92. The summed E-state index contributed by atoms with van der Waals surface area (Å²) in [5.74, 6) is 0.956. The van der Waals surface area contributed by atoms with E-state index in [1.54, 1.807) is 4.57 Å². The third-order valence-corrected chi connectivity index (χ3v) is 7.74. The van der Waals surface area contributed by atoms with Crippen molar-refractivity contribution in [3.63, 3.8) is 0 Å². The Bertz CT molecular complexity index is 1400. The summed E-state index contributed by atoms with van der Waals surface area (Å²) in [4.78, 5) is 18.5. The smallest absolute Gasteiger partial charge is 0.253 e. The first-order valence-corrected chi connectivity index (χ1v) is 13.3. The second-order valence-electron chi connectivity index (χ2n) is 11.2. The quantitative estimate of drug-likeness (QED) is 0.358. The maximum atomic E-state index is 12.3. The number of H-pyrrole nitrogens is 1. The van der Waals surface area contributed by atoms with Crippen molar-refractivity contribution in [3.05, 3.63) is 75.5 Å². The number of hydrogen-bond donors (Lipinski definition) is 1. The Labute approximate surface area is 213 Å². The molecule has 1 aliphatic rings. The SMILES string of the molecule is Cc1cc(-c2[nH]c3ccc(C4CCN(Cc5cnn(C(C)C)c5)CC4)cc3c2C(C)C)cn(C)c1=O. The molecular weight excluding hydrogens is 446 g/mol. The van der Waals surface area contributed by atoms with Crippen LogP contribution in [0.3, 0.4) is 0 Å². The number of likely N-dealkylation sites (tertiary alicyclic amines) is 1. The minimum atomic E-state index is 0.0586. The second kappa shape index (κ2) is 9.74. The molecule has 0 bridgehead atoms. The number of benzene rings is 1. The van der Waals surface area contributed by atoms with Gasteiger partial charge in [-0.25, -0.2) is 0 Å². The molecule has 1 N–H and O–H groups in total. The van der Waals surface area contributed by atoms with Crippen LogP contribution in [0.5, 0.6) is 0 Å². The number of aromatic nitrogens is 4. The van der Waals surface area contributed by atoms with Crippen molar-refractivity contribution in [3.8, 4) is 11.3 Å². The van der Waals surface area contributed by atoms with Gasteiger partial charge in [0.2, 0.25) is 0 Å². The van der Waals surface area contributed by atoms with Crippen LogP contribution in [0.25, 0.3) is 22.2 Å². The first kappa shape index (κ1) is 24.6. The standard InChI is InChI=1S/C30H39N5O/c1-19(2)28-26-14-24(7-8-27(26)32-29(28)25-13-21(5)30(36)33(6)18-25)23-9-11-34(12-10-23)16-22-15-31-35(17-22)20(3)4/h7-8,13-15,17-20,23,32H,9-12,16H2,1-6H3. The van der Waals surface area contributed by atoms with Gasteiger partial charge in [-0.2, -0.15) is 5.10 Å². The van der Waals surface area contributed by atoms with E-state index in [-0.39, 0.29) is 5.56 Å². The van der Waals surface area contributed by atoms with Crippen LogP contribution in [-0.4, -0.2) is 37.3 Å². The lowest BCUT2D eigenvalue weighted by molar-refractivity contribution is 0.204. The van der Waals surface area contributed by atoms with E-state index in [0.717, 1.165) is 36.5 Å². The molecule has 0 saturated carbocycles. The Hall–Kier alpha value is -3.12. The number of nitrogens with one attached hydrogen (secondary N) is 1. The fraction of sp³-hybridized carbons (Fsp3) is 0.467. The highest BCUT2D eigenvalue weighted by Gasteiger charge is 2.23. The maximum Gasteiger partial charge on any atom is 0.253 e. The molecule has 3 aromatic heterocycles. The monoisotopic (exact) mass is 485 g/mol. The molecule has 5 rings (SSSR count). The van der Waals surface area contributed by atoms with E-state index in [0.29, 0.717) is 17.9 Å². The zero-order valence-electron chi connectivity index (χ0n) is 22.5. The Morgan fingerprint density at radius 3 is 2.47 bits per heavy atom. The molecule has 1 aliphatic heterocycles. The number of nitrogens with zero attached hydrogens (tertiary/aromatic N) is 4. The molecular formula is C30H39N5O. The maximum absolute atomic E-state index is 12.3. The summed E-state index contributed by atoms with van der Waals surface area (Å²) in [5, 5.41) is 5.82. The third-order valence-electron chi connectivity index (χ3n) is 7.74. The first-order chi connectivity index (χ1) is 17.2. The summed E-state index contributed by atoms with van der Waals surface area (Å²) >= 11 is 0. The van der Waals surface area contributed by atoms with Gasteiger partial charge in [-0.15, -0.1) is 0 Å². The van der Waals surface area contributed by atoms with Crippen molar-refractivity contribution in [2.45, 2.75) is 71.9 Å². The van der Waals surface area contributed by atoms with Crippen molar-refractivity contribution in [1.29, 1.82) is 0 Å². The molecule has 0 amide bonds. The lowest BCUT2D eigenvalue weighted by Crippen LogP contribution is -2.32. The van der Waals surface area contributed by atoms with Gasteiger partial charge in [0.05, 0.1) is 11.9 Å². The van der Waals surface area contributed by atoms with E-state index in [1.807, 2.05) is 37.1 Å². The van der Waals surface area contributed by atoms with Crippen LogP contribution in [0.2, 0.25) is 0 Å². The number of piperidine rings is 1. The van der Waals surface area contributed by atoms with Crippen LogP contribution in [0.1, 0.15) is 80.7 Å². The van der Waals surface area contributed by atoms with E-state index >= 15 is 0 Å². The van der Waals surface area contributed by atoms with E-state index < -0.39 is 0 Å². The molecule has 0 atom stereocenters. The average molecular weight is 486 g/mol. The number of aromatic amines is 1. The molecule has 1 fully saturated rings. The van der Waals surface area contributed by atoms with E-state index in [2.05, 4.69) is 67.1 Å². The zero-order chi connectivity index (χ0) is 25.6. The van der Waals surface area contributed by atoms with Crippen molar-refractivity contribution in [2.75, 3.05) is 13.1 Å². The van der Waals surface area contributed by atoms with Gasteiger partial charge in [0.15, 0.2) is 0 Å². The Morgan fingerprint density at radius 2 is 1.83 bits per heavy atom. The lowest BCUT2D eigenvalue weighted by atomic mass is 9.87. The molecule has 0 radical (unpaired) electrons. The topological polar surface area (TPSA) is 58.9 Å². The lowest BCUT2D eigenvalue weighted by Gasteiger charge is -2.32. The minimum absolute atomic E-state index is 0.0586. The largest absolute Gasteiger partial charge is 0.354 e. The summed E-state index contributed by atoms with van der Waals surface area (Å²) in [6.45, 7) is 14.0. The van der Waals surface area contributed by atoms with Gasteiger partial charge in [-0.05, 0) is 87.9 Å². The molecule has 4 heterocycles. The van der Waals surface area contributed by atoms with Crippen molar-refractivity contribution in [2.24, 2.45) is 7.05 Å². The first-order valence-electron chi connectivity index (χ1n) is 13.3. The highest BCUT2D eigenvalue weighted by atomic mass is 16.1. The fourth-order valence-corrected chi connectivity index (χ4v) is 5.75. The van der Waals surface area contributed by atoms with E-state index in [4.69, 9.17) is 0 Å². The highest BCUT2D eigenvalue weighted by Crippen LogP contribution is 2.38. The van der Waals surface area contributed by atoms with Gasteiger partial charge in [-0.3, -0.25) is 14.4 Å². The number of pyridine rings is 1. The van der Waals surface area contributed by atoms with Crippen LogP contribution >= 0.6 is 0 Å². The Kier molecular flexibility index (Phi) is 6.64. The summed E-state index contributed by atoms with van der Waals surface area (Å²) < 4.78 is 3.73. The van der Waals surface area contributed by atoms with Crippen LogP contribution in [0.15, 0.2) is 47.7 Å². The van der Waals surface area contributed by atoms with Crippen molar-refractivity contribution in [1.82, 2.24) is 24.2 Å². The van der Waals surface area contributed by atoms with E-state index in [9.17, 15) is 4.79 Å². The molecule has 1 aromatic carbocycles. The van der Waals surface area contributed by atoms with Crippen LogP contribution in [0, 0.1) is 6.92 Å². The van der Waals surface area contributed by atoms with Crippen molar-refractivity contribution >= 4 is 10.9 Å². The molecule has 1 saturated heterocycles. The van der Waals surface area contributed by atoms with Gasteiger partial charge in [0.25, 0.3) is 5.56 Å². The predicted molar refractivity (Wildman–Crippen MR) is 148 cm³/mol. The second-order valence-corrected chi connectivity index (χ2v) is 11.2. The zero-order valence-corrected chi connectivity index (χ0v) is 22.5. The summed E-state index contributed by atoms with van der Waals surface area (Å²) in [5.41, 5.74) is 8.29. The summed E-state index contributed by atoms with van der Waals surface area (Å²) in [6, 6.07) is 9.40. The normalized spacial score (nSPS) is 15.6. The third kappa shape index (κ3) is 4.66. The predicted octanol–water partition coefficient (Wildman–Crippen LogP) is 6.12. The van der Waals surface area contributed by atoms with Gasteiger partial charge in [0.1, 0.15) is 0 Å². The number of aryl methyl sites for hydroxylation is 2. The molecule has 0 aliphatic carbocycles. The minimum Gasteiger partial charge on any atom is -0.354 e. The number of hydrogen-bond acceptors (Lipinski definition) is 3. The summed E-state index contributed by atoms with van der Waals surface area (Å²) in [6.07, 6.45) is 8.51. The Balaban J connectivity index is 1.38.